The summed E-state index contributed by atoms with van der Waals surface area (Å²) in [5, 5.41) is 6.86. The van der Waals surface area contributed by atoms with Crippen molar-refractivity contribution in [2.45, 2.75) is 6.54 Å². The largest absolute Gasteiger partial charge is 0.279 e. The van der Waals surface area contributed by atoms with Gasteiger partial charge in [0.15, 0.2) is 0 Å². The molecule has 0 atom stereocenters. The van der Waals surface area contributed by atoms with Crippen molar-refractivity contribution in [2.24, 2.45) is 0 Å². The lowest BCUT2D eigenvalue weighted by molar-refractivity contribution is 0.505. The Labute approximate surface area is 112 Å². The first kappa shape index (κ1) is 13.7. The van der Waals surface area contributed by atoms with Crippen molar-refractivity contribution in [3.63, 3.8) is 0 Å². The highest BCUT2D eigenvalue weighted by Crippen LogP contribution is 2.20. The molecule has 0 aliphatic heterocycles. The molecule has 0 fully saturated rings. The van der Waals surface area contributed by atoms with E-state index in [2.05, 4.69) is 14.9 Å². The van der Waals surface area contributed by atoms with E-state index in [1.54, 1.807) is 6.20 Å². The molecule has 2 aromatic rings. The summed E-state index contributed by atoms with van der Waals surface area (Å²) < 4.78 is 27.0. The van der Waals surface area contributed by atoms with Crippen LogP contribution in [0.25, 0.3) is 11.3 Å². The lowest BCUT2D eigenvalue weighted by Gasteiger charge is -2.12. The molecule has 0 unspecified atom stereocenters. The summed E-state index contributed by atoms with van der Waals surface area (Å²) in [7, 11) is -0.468. The highest BCUT2D eigenvalue weighted by molar-refractivity contribution is 7.87. The zero-order valence-corrected chi connectivity index (χ0v) is 11.6. The minimum Gasteiger partial charge on any atom is -0.278 e. The molecule has 1 heterocycles. The quantitative estimate of drug-likeness (QED) is 0.856. The molecule has 0 bridgehead atoms. The summed E-state index contributed by atoms with van der Waals surface area (Å²) in [5.74, 6) is 0. The molecule has 1 aromatic heterocycles. The average Bonchev–Trinajstić information content (AvgIpc) is 2.85. The molecule has 0 saturated heterocycles. The maximum Gasteiger partial charge on any atom is 0.279 e. The molecule has 0 amide bonds. The minimum atomic E-state index is -3.43. The van der Waals surface area contributed by atoms with Crippen LogP contribution in [0.15, 0.2) is 36.5 Å². The van der Waals surface area contributed by atoms with Gasteiger partial charge in [-0.25, -0.2) is 0 Å². The second-order valence-electron chi connectivity index (χ2n) is 4.24. The second kappa shape index (κ2) is 5.52. The fraction of sp³-hybridized carbons (Fsp3) is 0.250. The predicted octanol–water partition coefficient (Wildman–Crippen LogP) is 0.973. The lowest BCUT2D eigenvalue weighted by Crippen LogP contribution is -2.35. The van der Waals surface area contributed by atoms with Crippen molar-refractivity contribution in [3.05, 3.63) is 42.1 Å². The van der Waals surface area contributed by atoms with E-state index in [0.717, 1.165) is 21.1 Å². The molecule has 0 radical (unpaired) electrons. The monoisotopic (exact) mass is 280 g/mol. The third-order valence-corrected chi connectivity index (χ3v) is 4.18. The van der Waals surface area contributed by atoms with Gasteiger partial charge in [-0.05, 0) is 5.56 Å². The number of aromatic amines is 1. The van der Waals surface area contributed by atoms with E-state index in [4.69, 9.17) is 0 Å². The van der Waals surface area contributed by atoms with Gasteiger partial charge in [0.05, 0.1) is 11.9 Å². The molecule has 0 aliphatic rings. The second-order valence-corrected chi connectivity index (χ2v) is 6.21. The highest BCUT2D eigenvalue weighted by Gasteiger charge is 2.14. The molecule has 0 spiro atoms. The minimum absolute atomic E-state index is 0.196. The normalized spacial score (nSPS) is 11.9. The Morgan fingerprint density at radius 2 is 1.95 bits per heavy atom. The van der Waals surface area contributed by atoms with Gasteiger partial charge >= 0.3 is 0 Å². The number of aromatic nitrogens is 2. The van der Waals surface area contributed by atoms with Crippen LogP contribution in [-0.4, -0.2) is 37.0 Å². The van der Waals surface area contributed by atoms with Crippen LogP contribution in [0.4, 0.5) is 0 Å². The fourth-order valence-corrected chi connectivity index (χ4v) is 2.19. The van der Waals surface area contributed by atoms with Crippen molar-refractivity contribution >= 4 is 10.2 Å². The first-order chi connectivity index (χ1) is 9.00. The summed E-state index contributed by atoms with van der Waals surface area (Å²) in [4.78, 5) is 0. The topological polar surface area (TPSA) is 78.1 Å². The Hall–Kier alpha value is -1.70. The van der Waals surface area contributed by atoms with Gasteiger partial charge < -0.3 is 0 Å². The number of nitrogens with one attached hydrogen (secondary N) is 2. The first-order valence-electron chi connectivity index (χ1n) is 5.75. The van der Waals surface area contributed by atoms with E-state index < -0.39 is 10.2 Å². The van der Waals surface area contributed by atoms with Crippen LogP contribution in [0.5, 0.6) is 0 Å². The van der Waals surface area contributed by atoms with Crippen LogP contribution in [0.3, 0.4) is 0 Å². The Kier molecular flexibility index (Phi) is 3.98. The van der Waals surface area contributed by atoms with Gasteiger partial charge in [-0.1, -0.05) is 30.3 Å². The van der Waals surface area contributed by atoms with Gasteiger partial charge in [-0.15, -0.1) is 0 Å². The van der Waals surface area contributed by atoms with E-state index >= 15 is 0 Å². The van der Waals surface area contributed by atoms with Gasteiger partial charge in [0.25, 0.3) is 10.2 Å². The third-order valence-electron chi connectivity index (χ3n) is 2.71. The Balaban J connectivity index is 2.18. The van der Waals surface area contributed by atoms with E-state index in [0.29, 0.717) is 0 Å². The maximum absolute atomic E-state index is 11.7. The number of nitrogens with zero attached hydrogens (tertiary/aromatic N) is 2. The average molecular weight is 280 g/mol. The van der Waals surface area contributed by atoms with Crippen molar-refractivity contribution in [1.29, 1.82) is 0 Å². The molecule has 0 aliphatic carbocycles. The van der Waals surface area contributed by atoms with Crippen LogP contribution in [0.2, 0.25) is 0 Å². The van der Waals surface area contributed by atoms with E-state index in [1.807, 2.05) is 30.3 Å². The van der Waals surface area contributed by atoms with E-state index in [-0.39, 0.29) is 6.54 Å². The fourth-order valence-electron chi connectivity index (χ4n) is 1.60. The van der Waals surface area contributed by atoms with Crippen LogP contribution < -0.4 is 4.72 Å². The van der Waals surface area contributed by atoms with Gasteiger partial charge in [0.1, 0.15) is 0 Å². The maximum atomic E-state index is 11.7. The standard InChI is InChI=1S/C12H16N4O2S/c1-16(2)19(17,18)14-9-11-8-13-15-12(11)10-6-4-3-5-7-10/h3-8,14H,9H2,1-2H3,(H,13,15). The van der Waals surface area contributed by atoms with Crippen LogP contribution in [0, 0.1) is 0 Å². The summed E-state index contributed by atoms with van der Waals surface area (Å²) >= 11 is 0. The van der Waals surface area contributed by atoms with Crippen molar-refractivity contribution in [2.75, 3.05) is 14.1 Å². The molecule has 7 heteroatoms. The molecule has 1 aromatic carbocycles. The van der Waals surface area contributed by atoms with E-state index in [9.17, 15) is 8.42 Å². The molecule has 102 valence electrons. The summed E-state index contributed by atoms with van der Waals surface area (Å²) in [6.45, 7) is 0.196. The molecule has 6 nitrogen and oxygen atoms in total. The molecule has 2 N–H and O–H groups in total. The number of hydrogen-bond donors (Lipinski definition) is 2. The molecule has 19 heavy (non-hydrogen) atoms. The van der Waals surface area contributed by atoms with Crippen molar-refractivity contribution < 1.29 is 8.42 Å². The Morgan fingerprint density at radius 1 is 1.26 bits per heavy atom. The molecule has 2 rings (SSSR count). The summed E-state index contributed by atoms with van der Waals surface area (Å²) in [6, 6.07) is 9.65. The number of benzene rings is 1. The highest BCUT2D eigenvalue weighted by atomic mass is 32.2. The summed E-state index contributed by atoms with van der Waals surface area (Å²) in [5.41, 5.74) is 2.60. The Morgan fingerprint density at radius 3 is 2.58 bits per heavy atom. The van der Waals surface area contributed by atoms with Crippen molar-refractivity contribution in [3.8, 4) is 11.3 Å². The van der Waals surface area contributed by atoms with Gasteiger partial charge in [0.2, 0.25) is 0 Å². The van der Waals surface area contributed by atoms with Gasteiger partial charge in [-0.2, -0.15) is 22.5 Å². The lowest BCUT2D eigenvalue weighted by atomic mass is 10.1. The van der Waals surface area contributed by atoms with Crippen LogP contribution in [0.1, 0.15) is 5.56 Å². The first-order valence-corrected chi connectivity index (χ1v) is 7.19. The number of H-pyrrole nitrogens is 1. The van der Waals surface area contributed by atoms with Crippen LogP contribution in [-0.2, 0) is 16.8 Å². The zero-order chi connectivity index (χ0) is 13.9. The molecular formula is C12H16N4O2S. The van der Waals surface area contributed by atoms with E-state index in [1.165, 1.54) is 14.1 Å². The summed E-state index contributed by atoms with van der Waals surface area (Å²) in [6.07, 6.45) is 1.63. The molecular weight excluding hydrogens is 264 g/mol. The number of hydrogen-bond acceptors (Lipinski definition) is 3. The third kappa shape index (κ3) is 3.19. The predicted molar refractivity (Wildman–Crippen MR) is 73.5 cm³/mol. The number of rotatable bonds is 5. The smallest absolute Gasteiger partial charge is 0.278 e. The van der Waals surface area contributed by atoms with Gasteiger partial charge in [-0.3, -0.25) is 5.10 Å². The molecule has 0 saturated carbocycles. The van der Waals surface area contributed by atoms with Crippen LogP contribution >= 0.6 is 0 Å². The SMILES string of the molecule is CN(C)S(=O)(=O)NCc1cn[nH]c1-c1ccccc1. The Bertz CT molecular complexity index is 635. The van der Waals surface area contributed by atoms with Crippen molar-refractivity contribution in [1.82, 2.24) is 19.2 Å². The van der Waals surface area contributed by atoms with Gasteiger partial charge in [0, 0.05) is 26.2 Å². The zero-order valence-electron chi connectivity index (χ0n) is 10.8.